The second-order valence-electron chi connectivity index (χ2n) is 3.34. The monoisotopic (exact) mass is 232 g/mol. The standard InChI is InChI=1S/C8H16N4O2S/c1-3-7(4-9)11-15(13,14)8-5-12(2)6-10-8/h5-7,11H,3-4,9H2,1-2H3. The molecule has 1 aromatic rings. The van der Waals surface area contributed by atoms with E-state index in [4.69, 9.17) is 5.73 Å². The largest absolute Gasteiger partial charge is 0.339 e. The second-order valence-corrected chi connectivity index (χ2v) is 5.00. The molecule has 6 nitrogen and oxygen atoms in total. The Morgan fingerprint density at radius 1 is 1.67 bits per heavy atom. The van der Waals surface area contributed by atoms with Gasteiger partial charge in [-0.15, -0.1) is 0 Å². The van der Waals surface area contributed by atoms with Crippen LogP contribution in [0.2, 0.25) is 0 Å². The van der Waals surface area contributed by atoms with Gasteiger partial charge in [-0.3, -0.25) is 0 Å². The first-order chi connectivity index (χ1) is 6.99. The molecule has 3 N–H and O–H groups in total. The van der Waals surface area contributed by atoms with Gasteiger partial charge in [0.2, 0.25) is 0 Å². The second kappa shape index (κ2) is 4.73. The molecule has 1 heterocycles. The fourth-order valence-electron chi connectivity index (χ4n) is 1.11. The lowest BCUT2D eigenvalue weighted by atomic mass is 10.2. The molecular weight excluding hydrogens is 216 g/mol. The van der Waals surface area contributed by atoms with E-state index in [1.807, 2.05) is 6.92 Å². The molecule has 0 spiro atoms. The van der Waals surface area contributed by atoms with Gasteiger partial charge in [0.25, 0.3) is 10.0 Å². The zero-order valence-electron chi connectivity index (χ0n) is 8.84. The Labute approximate surface area is 89.5 Å². The van der Waals surface area contributed by atoms with E-state index in [1.165, 1.54) is 12.5 Å². The molecule has 1 unspecified atom stereocenters. The Morgan fingerprint density at radius 2 is 2.33 bits per heavy atom. The summed E-state index contributed by atoms with van der Waals surface area (Å²) in [7, 11) is -1.81. The van der Waals surface area contributed by atoms with Crippen molar-refractivity contribution in [3.8, 4) is 0 Å². The Bertz CT molecular complexity index is 408. The maximum Gasteiger partial charge on any atom is 0.259 e. The van der Waals surface area contributed by atoms with Gasteiger partial charge in [-0.05, 0) is 6.42 Å². The van der Waals surface area contributed by atoms with Crippen LogP contribution in [0, 0.1) is 0 Å². The van der Waals surface area contributed by atoms with Crippen molar-refractivity contribution in [3.63, 3.8) is 0 Å². The molecule has 0 saturated heterocycles. The third-order valence-corrected chi connectivity index (χ3v) is 3.46. The predicted octanol–water partition coefficient (Wildman–Crippen LogP) is -0.564. The first kappa shape index (κ1) is 12.2. The van der Waals surface area contributed by atoms with Crippen molar-refractivity contribution in [1.82, 2.24) is 14.3 Å². The SMILES string of the molecule is CCC(CN)NS(=O)(=O)c1cn(C)cn1. The third-order valence-electron chi connectivity index (χ3n) is 2.06. The molecule has 0 fully saturated rings. The summed E-state index contributed by atoms with van der Waals surface area (Å²) >= 11 is 0. The summed E-state index contributed by atoms with van der Waals surface area (Å²) in [6, 6.07) is -0.239. The van der Waals surface area contributed by atoms with Crippen molar-refractivity contribution in [1.29, 1.82) is 0 Å². The minimum atomic E-state index is -3.52. The molecule has 7 heteroatoms. The van der Waals surface area contributed by atoms with Crippen molar-refractivity contribution in [2.75, 3.05) is 6.54 Å². The molecule has 0 bridgehead atoms. The van der Waals surface area contributed by atoms with Crippen molar-refractivity contribution >= 4 is 10.0 Å². The lowest BCUT2D eigenvalue weighted by Gasteiger charge is -2.13. The Balaban J connectivity index is 2.84. The first-order valence-corrected chi connectivity index (χ1v) is 6.18. The minimum Gasteiger partial charge on any atom is -0.339 e. The van der Waals surface area contributed by atoms with Crippen LogP contribution in [0.5, 0.6) is 0 Å². The highest BCUT2D eigenvalue weighted by Gasteiger charge is 2.20. The van der Waals surface area contributed by atoms with E-state index in [9.17, 15) is 8.42 Å². The van der Waals surface area contributed by atoms with Crippen LogP contribution in [-0.2, 0) is 17.1 Å². The summed E-state index contributed by atoms with van der Waals surface area (Å²) in [5, 5.41) is 0.0249. The van der Waals surface area contributed by atoms with Crippen LogP contribution >= 0.6 is 0 Å². The predicted molar refractivity (Wildman–Crippen MR) is 56.7 cm³/mol. The number of nitrogens with two attached hydrogens (primary N) is 1. The molecule has 1 atom stereocenters. The Kier molecular flexibility index (Phi) is 3.83. The van der Waals surface area contributed by atoms with E-state index in [0.29, 0.717) is 6.42 Å². The molecule has 0 aromatic carbocycles. The maximum atomic E-state index is 11.7. The van der Waals surface area contributed by atoms with E-state index in [0.717, 1.165) is 0 Å². The number of nitrogens with one attached hydrogen (secondary N) is 1. The van der Waals surface area contributed by atoms with Gasteiger partial charge in [-0.25, -0.2) is 18.1 Å². The highest BCUT2D eigenvalue weighted by Crippen LogP contribution is 2.05. The zero-order valence-corrected chi connectivity index (χ0v) is 9.66. The molecule has 0 aliphatic rings. The van der Waals surface area contributed by atoms with Crippen LogP contribution in [0.15, 0.2) is 17.6 Å². The summed E-state index contributed by atoms with van der Waals surface area (Å²) in [4.78, 5) is 3.78. The lowest BCUT2D eigenvalue weighted by molar-refractivity contribution is 0.540. The van der Waals surface area contributed by atoms with Crippen molar-refractivity contribution in [2.45, 2.75) is 24.4 Å². The molecule has 1 rings (SSSR count). The minimum absolute atomic E-state index is 0.0249. The van der Waals surface area contributed by atoms with Crippen molar-refractivity contribution in [2.24, 2.45) is 12.8 Å². The fraction of sp³-hybridized carbons (Fsp3) is 0.625. The first-order valence-electron chi connectivity index (χ1n) is 4.70. The Morgan fingerprint density at radius 3 is 2.73 bits per heavy atom. The molecular formula is C8H16N4O2S. The third kappa shape index (κ3) is 3.01. The highest BCUT2D eigenvalue weighted by molar-refractivity contribution is 7.89. The van der Waals surface area contributed by atoms with E-state index in [1.54, 1.807) is 11.6 Å². The number of rotatable bonds is 5. The number of hydrogen-bond donors (Lipinski definition) is 2. The quantitative estimate of drug-likeness (QED) is 0.711. The molecule has 1 aromatic heterocycles. The zero-order chi connectivity index (χ0) is 11.5. The lowest BCUT2D eigenvalue weighted by Crippen LogP contribution is -2.39. The maximum absolute atomic E-state index is 11.7. The summed E-state index contributed by atoms with van der Waals surface area (Å²) < 4.78 is 27.5. The van der Waals surface area contributed by atoms with Gasteiger partial charge in [-0.1, -0.05) is 6.92 Å². The van der Waals surface area contributed by atoms with Gasteiger partial charge in [-0.2, -0.15) is 0 Å². The molecule has 0 aliphatic carbocycles. The van der Waals surface area contributed by atoms with Crippen LogP contribution in [0.1, 0.15) is 13.3 Å². The summed E-state index contributed by atoms with van der Waals surface area (Å²) in [6.45, 7) is 2.15. The number of aromatic nitrogens is 2. The average Bonchev–Trinajstić information content (AvgIpc) is 2.62. The summed E-state index contributed by atoms with van der Waals surface area (Å²) in [5.41, 5.74) is 5.42. The van der Waals surface area contributed by atoms with E-state index in [2.05, 4.69) is 9.71 Å². The van der Waals surface area contributed by atoms with E-state index >= 15 is 0 Å². The average molecular weight is 232 g/mol. The van der Waals surface area contributed by atoms with Crippen molar-refractivity contribution < 1.29 is 8.42 Å². The van der Waals surface area contributed by atoms with Gasteiger partial charge in [0.15, 0.2) is 5.03 Å². The molecule has 86 valence electrons. The normalized spacial score (nSPS) is 14.1. The smallest absolute Gasteiger partial charge is 0.259 e. The van der Waals surface area contributed by atoms with Gasteiger partial charge in [0.05, 0.1) is 6.33 Å². The van der Waals surface area contributed by atoms with Crippen LogP contribution in [0.25, 0.3) is 0 Å². The molecule has 15 heavy (non-hydrogen) atoms. The number of sulfonamides is 1. The summed E-state index contributed by atoms with van der Waals surface area (Å²) in [5.74, 6) is 0. The topological polar surface area (TPSA) is 90.0 Å². The summed E-state index contributed by atoms with van der Waals surface area (Å²) in [6.07, 6.45) is 3.55. The van der Waals surface area contributed by atoms with Crippen LogP contribution in [0.4, 0.5) is 0 Å². The number of imidazole rings is 1. The van der Waals surface area contributed by atoms with E-state index < -0.39 is 10.0 Å². The van der Waals surface area contributed by atoms with Crippen LogP contribution in [0.3, 0.4) is 0 Å². The number of nitrogens with zero attached hydrogens (tertiary/aromatic N) is 2. The molecule has 0 radical (unpaired) electrons. The Hall–Kier alpha value is -0.920. The van der Waals surface area contributed by atoms with Crippen molar-refractivity contribution in [3.05, 3.63) is 12.5 Å². The van der Waals surface area contributed by atoms with Crippen LogP contribution in [-0.4, -0.2) is 30.6 Å². The molecule has 0 saturated carbocycles. The molecule has 0 aliphatic heterocycles. The number of aryl methyl sites for hydroxylation is 1. The fourth-order valence-corrected chi connectivity index (χ4v) is 2.42. The number of hydrogen-bond acceptors (Lipinski definition) is 4. The van der Waals surface area contributed by atoms with Crippen LogP contribution < -0.4 is 10.5 Å². The van der Waals surface area contributed by atoms with E-state index in [-0.39, 0.29) is 17.6 Å². The van der Waals surface area contributed by atoms with Gasteiger partial charge < -0.3 is 10.3 Å². The molecule has 0 amide bonds. The van der Waals surface area contributed by atoms with Gasteiger partial charge >= 0.3 is 0 Å². The van der Waals surface area contributed by atoms with Gasteiger partial charge in [0, 0.05) is 25.8 Å². The van der Waals surface area contributed by atoms with Gasteiger partial charge in [0.1, 0.15) is 0 Å². The highest BCUT2D eigenvalue weighted by atomic mass is 32.2.